The maximum Gasteiger partial charge on any atom is 0.284 e. The summed E-state index contributed by atoms with van der Waals surface area (Å²) in [4.78, 5) is 47.5. The second kappa shape index (κ2) is 17.3. The Morgan fingerprint density at radius 1 is 1.02 bits per heavy atom. The second-order valence-electron chi connectivity index (χ2n) is 18.1. The van der Waals surface area contributed by atoms with Gasteiger partial charge in [-0.25, -0.2) is 18.3 Å². The van der Waals surface area contributed by atoms with Crippen LogP contribution < -0.4 is 15.5 Å². The Morgan fingerprint density at radius 2 is 1.88 bits per heavy atom. The number of alkyl halides is 2. The molecule has 5 fully saturated rings. The molecule has 6 aromatic rings. The van der Waals surface area contributed by atoms with Gasteiger partial charge in [0, 0.05) is 61.5 Å². The van der Waals surface area contributed by atoms with Gasteiger partial charge in [0.1, 0.15) is 23.6 Å². The van der Waals surface area contributed by atoms with Crippen molar-refractivity contribution in [3.63, 3.8) is 0 Å². The molecule has 1 saturated carbocycles. The van der Waals surface area contributed by atoms with E-state index in [1.807, 2.05) is 36.4 Å². The lowest BCUT2D eigenvalue weighted by Crippen LogP contribution is -2.40. The molecule has 2 bridgehead atoms. The number of ether oxygens (including phenoxy) is 2. The second-order valence-corrected chi connectivity index (χ2v) is 18.1. The molecule has 3 amide bonds. The predicted octanol–water partition coefficient (Wildman–Crippen LogP) is 6.78. The van der Waals surface area contributed by atoms with Crippen LogP contribution in [0.15, 0.2) is 65.7 Å². The number of piperidine rings is 2. The van der Waals surface area contributed by atoms with Gasteiger partial charge in [-0.3, -0.25) is 24.4 Å². The van der Waals surface area contributed by atoms with Crippen LogP contribution in [0.4, 0.5) is 20.3 Å². The number of nitrogens with zero attached hydrogens (tertiary/aromatic N) is 7. The molecule has 0 spiro atoms. The van der Waals surface area contributed by atoms with Crippen LogP contribution in [0.3, 0.4) is 0 Å². The largest absolute Gasteiger partial charge is 0.464 e. The number of furan rings is 1. The molecule has 2 N–H and O–H groups in total. The van der Waals surface area contributed by atoms with Crippen LogP contribution >= 0.6 is 0 Å². The fourth-order valence-corrected chi connectivity index (χ4v) is 10.7. The van der Waals surface area contributed by atoms with Crippen molar-refractivity contribution in [3.8, 4) is 11.8 Å². The van der Waals surface area contributed by atoms with E-state index in [1.165, 1.54) is 10.7 Å². The maximum atomic E-state index is 14.3. The monoisotopic (exact) mass is 885 g/mol. The van der Waals surface area contributed by atoms with Gasteiger partial charge in [-0.2, -0.15) is 10.2 Å². The SMILES string of the molecule is O=C1CC[C@H](c2coc3ccc4c(C#CCOC5CCN(CC6CCC(n7cc(NC(=O)c8cnn9ccc(N%10C[C@H]%11C[C@@H]%10CO%11)nc89)c(C(F)F)n7)CC6)CC5)cccc4c23)C(=O)N1. The number of benzene rings is 2. The fourth-order valence-electron chi connectivity index (χ4n) is 10.7. The van der Waals surface area contributed by atoms with Crippen LogP contribution in [0.5, 0.6) is 0 Å². The van der Waals surface area contributed by atoms with Crippen molar-refractivity contribution in [2.24, 2.45) is 5.92 Å². The van der Waals surface area contributed by atoms with Crippen LogP contribution in [-0.4, -0.2) is 105 Å². The maximum absolute atomic E-state index is 14.3. The highest BCUT2D eigenvalue weighted by Gasteiger charge is 2.40. The number of anilines is 2. The summed E-state index contributed by atoms with van der Waals surface area (Å²) in [6.45, 7) is 4.57. The summed E-state index contributed by atoms with van der Waals surface area (Å²) in [5.41, 5.74) is 2.46. The van der Waals surface area contributed by atoms with Gasteiger partial charge in [-0.1, -0.05) is 24.0 Å². The molecule has 4 aliphatic heterocycles. The zero-order valence-electron chi connectivity index (χ0n) is 35.8. The van der Waals surface area contributed by atoms with E-state index in [2.05, 4.69) is 42.5 Å². The van der Waals surface area contributed by atoms with Gasteiger partial charge in [-0.05, 0) is 92.3 Å². The molecule has 1 aliphatic carbocycles. The van der Waals surface area contributed by atoms with Crippen molar-refractivity contribution in [2.75, 3.05) is 49.6 Å². The fraction of sp³-hybridized carbons (Fsp3) is 0.458. The molecule has 336 valence electrons. The minimum Gasteiger partial charge on any atom is -0.464 e. The van der Waals surface area contributed by atoms with E-state index in [1.54, 1.807) is 23.3 Å². The van der Waals surface area contributed by atoms with Crippen LogP contribution in [0.1, 0.15) is 103 Å². The molecule has 8 heterocycles. The minimum atomic E-state index is -2.86. The topological polar surface area (TPSA) is 161 Å². The standard InChI is InChI=1S/C48H49F2N9O6/c49-45(50)44-39(52-48(62)37-22-51-58-19-16-41(53-46(37)58)57-24-33-21-31(57)26-64-33)25-59(55-44)30-8-6-28(7-9-30)23-56-17-14-32(15-18-56)63-20-2-4-29-3-1-5-35-34(29)10-12-40-43(35)38(27-65-40)36-11-13-42(60)54-47(36)61/h1,3,5,10,12,16,19,22,25,27-28,30-33,36,45H,6-9,11,13-15,17-18,20-21,23-24,26H2,(H,52,62)(H,54,60,61)/t28?,30?,31-,33-,36-/m1/s1. The number of hydrogen-bond donors (Lipinski definition) is 2. The van der Waals surface area contributed by atoms with Gasteiger partial charge < -0.3 is 29.0 Å². The Bertz CT molecular complexity index is 2860. The first-order valence-electron chi connectivity index (χ1n) is 22.7. The number of morpholine rings is 1. The van der Waals surface area contributed by atoms with Crippen LogP contribution in [0.2, 0.25) is 0 Å². The van der Waals surface area contributed by atoms with Gasteiger partial charge in [-0.15, -0.1) is 0 Å². The van der Waals surface area contributed by atoms with E-state index in [9.17, 15) is 23.2 Å². The lowest BCUT2D eigenvalue weighted by molar-refractivity contribution is -0.134. The zero-order chi connectivity index (χ0) is 44.2. The number of likely N-dealkylation sites (tertiary alicyclic amines) is 1. The van der Waals surface area contributed by atoms with Crippen molar-refractivity contribution >= 4 is 56.6 Å². The molecule has 15 nitrogen and oxygen atoms in total. The Labute approximate surface area is 372 Å². The zero-order valence-corrected chi connectivity index (χ0v) is 35.8. The molecular weight excluding hydrogens is 837 g/mol. The summed E-state index contributed by atoms with van der Waals surface area (Å²) in [6, 6.07) is 11.9. The van der Waals surface area contributed by atoms with E-state index in [-0.39, 0.29) is 47.4 Å². The van der Waals surface area contributed by atoms with Crippen LogP contribution in [-0.2, 0) is 19.1 Å². The third-order valence-corrected chi connectivity index (χ3v) is 14.1. The molecule has 2 aromatic carbocycles. The number of carbonyl (C=O) groups excluding carboxylic acids is 3. The molecule has 0 unspecified atom stereocenters. The third kappa shape index (κ3) is 8.12. The quantitative estimate of drug-likeness (QED) is 0.110. The van der Waals surface area contributed by atoms with Gasteiger partial charge in [0.2, 0.25) is 11.8 Å². The molecule has 0 radical (unpaired) electrons. The van der Waals surface area contributed by atoms with Crippen molar-refractivity contribution in [1.82, 2.24) is 34.6 Å². The Kier molecular flexibility index (Phi) is 11.0. The number of carbonyl (C=O) groups is 3. The molecule has 4 saturated heterocycles. The number of hydrogen-bond acceptors (Lipinski definition) is 11. The van der Waals surface area contributed by atoms with E-state index >= 15 is 0 Å². The van der Waals surface area contributed by atoms with Gasteiger partial charge >= 0.3 is 0 Å². The first kappa shape index (κ1) is 41.5. The summed E-state index contributed by atoms with van der Waals surface area (Å²) in [5, 5.41) is 16.5. The Morgan fingerprint density at radius 3 is 2.66 bits per heavy atom. The number of nitrogens with one attached hydrogen (secondary N) is 2. The molecular formula is C48H49F2N9O6. The smallest absolute Gasteiger partial charge is 0.284 e. The van der Waals surface area contributed by atoms with Crippen molar-refractivity contribution in [2.45, 2.75) is 94.4 Å². The van der Waals surface area contributed by atoms with Crippen molar-refractivity contribution in [3.05, 3.63) is 83.6 Å². The molecule has 5 aliphatic rings. The molecule has 4 aromatic heterocycles. The van der Waals surface area contributed by atoms with E-state index < -0.39 is 23.9 Å². The lowest BCUT2D eigenvalue weighted by atomic mass is 9.85. The number of amides is 3. The average molecular weight is 886 g/mol. The summed E-state index contributed by atoms with van der Waals surface area (Å²) in [5.74, 6) is 6.21. The van der Waals surface area contributed by atoms with Gasteiger partial charge in [0.05, 0.1) is 55.0 Å². The first-order chi connectivity index (χ1) is 31.7. The summed E-state index contributed by atoms with van der Waals surface area (Å²) >= 11 is 0. The number of halogens is 2. The summed E-state index contributed by atoms with van der Waals surface area (Å²) < 4.78 is 49.6. The summed E-state index contributed by atoms with van der Waals surface area (Å²) in [6.07, 6.45) is 10.9. The number of rotatable bonds is 10. The van der Waals surface area contributed by atoms with E-state index in [0.29, 0.717) is 43.2 Å². The molecule has 3 atom stereocenters. The minimum absolute atomic E-state index is 0.000504. The number of imide groups is 1. The number of aromatic nitrogens is 5. The number of fused-ring (bicyclic) bond motifs is 6. The Balaban J connectivity index is 0.658. The van der Waals surface area contributed by atoms with Crippen molar-refractivity contribution < 1.29 is 37.1 Å². The predicted molar refractivity (Wildman–Crippen MR) is 236 cm³/mol. The van der Waals surface area contributed by atoms with Crippen LogP contribution in [0, 0.1) is 17.8 Å². The van der Waals surface area contributed by atoms with E-state index in [4.69, 9.17) is 18.9 Å². The van der Waals surface area contributed by atoms with Crippen LogP contribution in [0.25, 0.3) is 27.4 Å². The summed E-state index contributed by atoms with van der Waals surface area (Å²) in [7, 11) is 0. The highest BCUT2D eigenvalue weighted by atomic mass is 19.3. The first-order valence-corrected chi connectivity index (χ1v) is 22.7. The normalized spacial score (nSPS) is 24.0. The average Bonchev–Trinajstić information content (AvgIpc) is 4.18. The highest BCUT2D eigenvalue weighted by Crippen LogP contribution is 2.39. The third-order valence-electron chi connectivity index (χ3n) is 14.1. The lowest BCUT2D eigenvalue weighted by Gasteiger charge is -2.36. The van der Waals surface area contributed by atoms with Crippen molar-refractivity contribution in [1.29, 1.82) is 0 Å². The highest BCUT2D eigenvalue weighted by molar-refractivity contribution is 6.12. The van der Waals surface area contributed by atoms with Gasteiger partial charge in [0.15, 0.2) is 11.3 Å². The molecule has 17 heteroatoms. The van der Waals surface area contributed by atoms with E-state index in [0.717, 1.165) is 104 Å². The van der Waals surface area contributed by atoms with Gasteiger partial charge in [0.25, 0.3) is 12.3 Å². The molecule has 65 heavy (non-hydrogen) atoms. The molecule has 11 rings (SSSR count). The Hall–Kier alpha value is -6.22.